The summed E-state index contributed by atoms with van der Waals surface area (Å²) < 4.78 is 0. The molecule has 1 fully saturated rings. The van der Waals surface area contributed by atoms with Crippen LogP contribution in [0, 0.1) is 5.92 Å². The smallest absolute Gasteiger partial charge is 0.146 e. The molecule has 1 aliphatic rings. The lowest BCUT2D eigenvalue weighted by molar-refractivity contribution is 0.630. The predicted octanol–water partition coefficient (Wildman–Crippen LogP) is 2.07. The van der Waals surface area contributed by atoms with Crippen molar-refractivity contribution in [1.82, 2.24) is 9.97 Å². The molecule has 1 aromatic heterocycles. The number of nitrogens with one attached hydrogen (secondary N) is 2. The molecule has 1 unspecified atom stereocenters. The first-order valence-electron chi connectivity index (χ1n) is 5.76. The molecule has 2 heterocycles. The van der Waals surface area contributed by atoms with Crippen molar-refractivity contribution in [2.45, 2.75) is 13.3 Å². The van der Waals surface area contributed by atoms with Gasteiger partial charge in [0.1, 0.15) is 11.6 Å². The molecule has 1 aliphatic heterocycles. The maximum Gasteiger partial charge on any atom is 0.146 e. The second-order valence-electron chi connectivity index (χ2n) is 3.93. The van der Waals surface area contributed by atoms with E-state index in [2.05, 4.69) is 27.5 Å². The first kappa shape index (κ1) is 11.5. The highest BCUT2D eigenvalue weighted by Crippen LogP contribution is 2.23. The zero-order valence-electron chi connectivity index (χ0n) is 9.57. The zero-order chi connectivity index (χ0) is 11.2. The zero-order valence-corrected chi connectivity index (χ0v) is 10.4. The van der Waals surface area contributed by atoms with E-state index in [1.165, 1.54) is 17.9 Å². The molecular weight excluding hydrogens is 220 g/mol. The van der Waals surface area contributed by atoms with Crippen molar-refractivity contribution in [3.05, 3.63) is 12.4 Å². The van der Waals surface area contributed by atoms with Gasteiger partial charge in [0, 0.05) is 13.1 Å². The van der Waals surface area contributed by atoms with E-state index in [1.807, 2.05) is 11.8 Å². The van der Waals surface area contributed by atoms with Gasteiger partial charge in [0.15, 0.2) is 0 Å². The third kappa shape index (κ3) is 3.27. The highest BCUT2D eigenvalue weighted by atomic mass is 32.2. The summed E-state index contributed by atoms with van der Waals surface area (Å²) in [5.74, 6) is 5.07. The molecular formula is C11H18N4S. The first-order chi connectivity index (χ1) is 7.88. The Bertz CT molecular complexity index is 326. The molecule has 0 bridgehead atoms. The minimum Gasteiger partial charge on any atom is -0.369 e. The fraction of sp³-hybridized carbons (Fsp3) is 0.636. The Kier molecular flexibility index (Phi) is 4.27. The Morgan fingerprint density at radius 3 is 2.88 bits per heavy atom. The Labute approximate surface area is 101 Å². The Balaban J connectivity index is 1.85. The number of hydrogen-bond acceptors (Lipinski definition) is 5. The molecule has 2 rings (SSSR count). The van der Waals surface area contributed by atoms with Crippen LogP contribution in [0.1, 0.15) is 13.3 Å². The summed E-state index contributed by atoms with van der Waals surface area (Å²) in [4.78, 5) is 8.59. The van der Waals surface area contributed by atoms with Crippen LogP contribution in [0.3, 0.4) is 0 Å². The molecule has 0 spiro atoms. The lowest BCUT2D eigenvalue weighted by Crippen LogP contribution is -2.14. The van der Waals surface area contributed by atoms with Crippen LogP contribution < -0.4 is 10.6 Å². The molecule has 88 valence electrons. The van der Waals surface area contributed by atoms with Crippen molar-refractivity contribution in [2.24, 2.45) is 5.92 Å². The number of thioether (sulfide) groups is 1. The molecule has 1 atom stereocenters. The molecule has 1 saturated heterocycles. The summed E-state index contributed by atoms with van der Waals surface area (Å²) in [6.45, 7) is 3.94. The van der Waals surface area contributed by atoms with Gasteiger partial charge < -0.3 is 10.6 Å². The maximum atomic E-state index is 4.43. The Morgan fingerprint density at radius 1 is 1.38 bits per heavy atom. The standard InChI is InChI=1S/C11H18N4S/c1-2-13-10-6-12-7-11(15-10)14-5-9-3-4-16-8-9/h6-7,9H,2-5,8H2,1H3,(H2,13,14,15). The third-order valence-electron chi connectivity index (χ3n) is 2.59. The van der Waals surface area contributed by atoms with Crippen LogP contribution in [0.25, 0.3) is 0 Å². The van der Waals surface area contributed by atoms with Gasteiger partial charge in [0.25, 0.3) is 0 Å². The van der Waals surface area contributed by atoms with E-state index >= 15 is 0 Å². The predicted molar refractivity (Wildman–Crippen MR) is 70.1 cm³/mol. The fourth-order valence-electron chi connectivity index (χ4n) is 1.71. The Hall–Kier alpha value is -0.970. The summed E-state index contributed by atoms with van der Waals surface area (Å²) in [6, 6.07) is 0. The van der Waals surface area contributed by atoms with Crippen molar-refractivity contribution in [3.8, 4) is 0 Å². The molecule has 16 heavy (non-hydrogen) atoms. The van der Waals surface area contributed by atoms with E-state index < -0.39 is 0 Å². The lowest BCUT2D eigenvalue weighted by Gasteiger charge is -2.11. The van der Waals surface area contributed by atoms with E-state index in [9.17, 15) is 0 Å². The maximum absolute atomic E-state index is 4.43. The summed E-state index contributed by atoms with van der Waals surface area (Å²) in [7, 11) is 0. The van der Waals surface area contributed by atoms with E-state index in [4.69, 9.17) is 0 Å². The first-order valence-corrected chi connectivity index (χ1v) is 6.91. The molecule has 0 radical (unpaired) electrons. The van der Waals surface area contributed by atoms with Crippen molar-refractivity contribution >= 4 is 23.4 Å². The highest BCUT2D eigenvalue weighted by Gasteiger charge is 2.14. The van der Waals surface area contributed by atoms with E-state index in [1.54, 1.807) is 12.4 Å². The normalized spacial score (nSPS) is 19.7. The van der Waals surface area contributed by atoms with Crippen molar-refractivity contribution < 1.29 is 0 Å². The number of aromatic nitrogens is 2. The molecule has 4 nitrogen and oxygen atoms in total. The molecule has 0 saturated carbocycles. The van der Waals surface area contributed by atoms with Gasteiger partial charge in [0.05, 0.1) is 12.4 Å². The quantitative estimate of drug-likeness (QED) is 0.822. The van der Waals surface area contributed by atoms with Gasteiger partial charge in [-0.15, -0.1) is 0 Å². The molecule has 0 aromatic carbocycles. The lowest BCUT2D eigenvalue weighted by atomic mass is 10.1. The van der Waals surface area contributed by atoms with E-state index in [0.29, 0.717) is 0 Å². The second kappa shape index (κ2) is 5.94. The van der Waals surface area contributed by atoms with Crippen LogP contribution in [-0.2, 0) is 0 Å². The van der Waals surface area contributed by atoms with Gasteiger partial charge in [-0.3, -0.25) is 4.98 Å². The average Bonchev–Trinajstić information content (AvgIpc) is 2.80. The molecule has 0 aliphatic carbocycles. The largest absolute Gasteiger partial charge is 0.369 e. The summed E-state index contributed by atoms with van der Waals surface area (Å²) in [5.41, 5.74) is 0. The van der Waals surface area contributed by atoms with Crippen LogP contribution in [0.4, 0.5) is 11.6 Å². The van der Waals surface area contributed by atoms with Gasteiger partial charge in [-0.1, -0.05) is 0 Å². The van der Waals surface area contributed by atoms with Crippen LogP contribution in [0.2, 0.25) is 0 Å². The van der Waals surface area contributed by atoms with Gasteiger partial charge in [-0.05, 0) is 30.8 Å². The van der Waals surface area contributed by atoms with Gasteiger partial charge >= 0.3 is 0 Å². The number of nitrogens with zero attached hydrogens (tertiary/aromatic N) is 2. The Morgan fingerprint density at radius 2 is 2.19 bits per heavy atom. The molecule has 5 heteroatoms. The van der Waals surface area contributed by atoms with Crippen molar-refractivity contribution in [3.63, 3.8) is 0 Å². The minimum absolute atomic E-state index is 0.787. The number of anilines is 2. The van der Waals surface area contributed by atoms with Gasteiger partial charge in [-0.25, -0.2) is 4.98 Å². The number of rotatable bonds is 5. The SMILES string of the molecule is CCNc1cncc(NCC2CCSC2)n1. The van der Waals surface area contributed by atoms with E-state index in [0.717, 1.165) is 30.6 Å². The highest BCUT2D eigenvalue weighted by molar-refractivity contribution is 7.99. The second-order valence-corrected chi connectivity index (χ2v) is 5.08. The summed E-state index contributed by atoms with van der Waals surface area (Å²) >= 11 is 2.04. The molecule has 2 N–H and O–H groups in total. The van der Waals surface area contributed by atoms with Crippen LogP contribution >= 0.6 is 11.8 Å². The van der Waals surface area contributed by atoms with Crippen LogP contribution in [-0.4, -0.2) is 34.6 Å². The molecule has 0 amide bonds. The van der Waals surface area contributed by atoms with Crippen molar-refractivity contribution in [2.75, 3.05) is 35.2 Å². The van der Waals surface area contributed by atoms with Crippen molar-refractivity contribution in [1.29, 1.82) is 0 Å². The van der Waals surface area contributed by atoms with Crippen LogP contribution in [0.5, 0.6) is 0 Å². The summed E-state index contributed by atoms with van der Waals surface area (Å²) in [6.07, 6.45) is 4.85. The summed E-state index contributed by atoms with van der Waals surface area (Å²) in [5, 5.41) is 6.52. The minimum atomic E-state index is 0.787. The number of hydrogen-bond donors (Lipinski definition) is 2. The average molecular weight is 238 g/mol. The van der Waals surface area contributed by atoms with E-state index in [-0.39, 0.29) is 0 Å². The fourth-order valence-corrected chi connectivity index (χ4v) is 3.00. The van der Waals surface area contributed by atoms with Gasteiger partial charge in [-0.2, -0.15) is 11.8 Å². The topological polar surface area (TPSA) is 49.8 Å². The van der Waals surface area contributed by atoms with Gasteiger partial charge in [0.2, 0.25) is 0 Å². The monoisotopic (exact) mass is 238 g/mol. The van der Waals surface area contributed by atoms with Crippen LogP contribution in [0.15, 0.2) is 12.4 Å². The third-order valence-corrected chi connectivity index (χ3v) is 3.82. The molecule has 1 aromatic rings.